The van der Waals surface area contributed by atoms with Crippen LogP contribution in [-0.4, -0.2) is 55.6 Å². The van der Waals surface area contributed by atoms with Gasteiger partial charge in [0.1, 0.15) is 11.5 Å². The first kappa shape index (κ1) is 22.1. The Balaban J connectivity index is 1.95. The number of unbranched alkanes of at least 4 members (excludes halogenated alkanes) is 1. The molecule has 1 amide bonds. The lowest BCUT2D eigenvalue weighted by Crippen LogP contribution is -2.38. The van der Waals surface area contributed by atoms with Gasteiger partial charge in [-0.2, -0.15) is 5.10 Å². The number of carbonyl (C=O) groups is 1. The van der Waals surface area contributed by atoms with E-state index in [2.05, 4.69) is 10.1 Å². The van der Waals surface area contributed by atoms with Crippen LogP contribution in [0, 0.1) is 6.92 Å². The minimum absolute atomic E-state index is 0.0417. The summed E-state index contributed by atoms with van der Waals surface area (Å²) in [6.07, 6.45) is 3.22. The van der Waals surface area contributed by atoms with Crippen molar-refractivity contribution in [1.82, 2.24) is 23.6 Å². The molecule has 11 heteroatoms. The zero-order chi connectivity index (χ0) is 22.1. The summed E-state index contributed by atoms with van der Waals surface area (Å²) in [7, 11) is -2.21. The topological polar surface area (TPSA) is 110 Å². The number of nitrogens with zero attached hydrogens (tertiary/aromatic N) is 5. The fraction of sp³-hybridized carbons (Fsp3) is 0.421. The van der Waals surface area contributed by atoms with Crippen molar-refractivity contribution in [3.8, 4) is 5.82 Å². The average Bonchev–Trinajstić information content (AvgIpc) is 3.18. The molecule has 0 saturated carbocycles. The first-order valence-corrected chi connectivity index (χ1v) is 11.5. The van der Waals surface area contributed by atoms with Gasteiger partial charge in [0.05, 0.1) is 16.5 Å². The van der Waals surface area contributed by atoms with Crippen LogP contribution in [0.3, 0.4) is 0 Å². The number of fused-ring (bicyclic) bond motifs is 1. The lowest BCUT2D eigenvalue weighted by Gasteiger charge is -2.19. The summed E-state index contributed by atoms with van der Waals surface area (Å²) in [5.74, 6) is 0.351. The summed E-state index contributed by atoms with van der Waals surface area (Å²) < 4.78 is 29.4. The first-order valence-electron chi connectivity index (χ1n) is 9.54. The van der Waals surface area contributed by atoms with Crippen molar-refractivity contribution < 1.29 is 18.3 Å². The van der Waals surface area contributed by atoms with E-state index < -0.39 is 16.1 Å². The molecule has 162 valence electrons. The van der Waals surface area contributed by atoms with E-state index in [0.717, 1.165) is 10.9 Å². The normalized spacial score (nSPS) is 11.9. The van der Waals surface area contributed by atoms with Crippen molar-refractivity contribution in [3.05, 3.63) is 40.8 Å². The molecule has 0 atom stereocenters. The second-order valence-corrected chi connectivity index (χ2v) is 9.49. The molecule has 3 rings (SSSR count). The highest BCUT2D eigenvalue weighted by Crippen LogP contribution is 2.26. The van der Waals surface area contributed by atoms with E-state index in [0.29, 0.717) is 39.3 Å². The molecule has 0 aliphatic rings. The highest BCUT2D eigenvalue weighted by molar-refractivity contribution is 7.89. The van der Waals surface area contributed by atoms with E-state index >= 15 is 0 Å². The Bertz CT molecular complexity index is 1190. The van der Waals surface area contributed by atoms with Gasteiger partial charge in [0, 0.05) is 36.9 Å². The molecule has 0 fully saturated rings. The number of halogens is 1. The largest absolute Gasteiger partial charge is 0.464 e. The number of sulfonamides is 1. The summed E-state index contributed by atoms with van der Waals surface area (Å²) >= 11 is 6.02. The molecule has 1 N–H and O–H groups in total. The van der Waals surface area contributed by atoms with Crippen molar-refractivity contribution in [2.24, 2.45) is 7.05 Å². The Morgan fingerprint density at radius 3 is 2.77 bits per heavy atom. The fourth-order valence-electron chi connectivity index (χ4n) is 3.45. The minimum Gasteiger partial charge on any atom is -0.464 e. The fourth-order valence-corrected chi connectivity index (χ4v) is 4.94. The molecule has 0 spiro atoms. The van der Waals surface area contributed by atoms with Gasteiger partial charge in [-0.3, -0.25) is 9.25 Å². The van der Waals surface area contributed by atoms with E-state index in [9.17, 15) is 18.3 Å². The standard InChI is InChI=1S/C19H24ClN5O4S/c1-4-5-8-25(19(26)27)30(28,29)10-7-16-13(2)22-23(3)18(16)24-9-6-14-11-15(20)12-21-17(14)24/h6,9,11-12H,4-5,7-8,10H2,1-3H3,(H,26,27). The van der Waals surface area contributed by atoms with Crippen LogP contribution >= 0.6 is 11.6 Å². The number of rotatable bonds is 8. The average molecular weight is 454 g/mol. The van der Waals surface area contributed by atoms with E-state index in [-0.39, 0.29) is 18.7 Å². The maximum absolute atomic E-state index is 12.7. The van der Waals surface area contributed by atoms with Crippen molar-refractivity contribution in [1.29, 1.82) is 0 Å². The van der Waals surface area contributed by atoms with Crippen LogP contribution in [0.2, 0.25) is 5.02 Å². The predicted octanol–water partition coefficient (Wildman–Crippen LogP) is 3.37. The van der Waals surface area contributed by atoms with Crippen LogP contribution in [0.15, 0.2) is 24.5 Å². The second-order valence-electron chi connectivity index (χ2n) is 7.04. The molecule has 0 aromatic carbocycles. The molecule has 0 saturated heterocycles. The zero-order valence-electron chi connectivity index (χ0n) is 17.0. The molecule has 3 aromatic heterocycles. The smallest absolute Gasteiger partial charge is 0.421 e. The van der Waals surface area contributed by atoms with Gasteiger partial charge in [-0.05, 0) is 31.9 Å². The highest BCUT2D eigenvalue weighted by atomic mass is 35.5. The number of hydrogen-bond donors (Lipinski definition) is 1. The second kappa shape index (κ2) is 8.65. The van der Waals surface area contributed by atoms with Crippen LogP contribution < -0.4 is 0 Å². The lowest BCUT2D eigenvalue weighted by molar-refractivity contribution is 0.172. The van der Waals surface area contributed by atoms with E-state index in [1.165, 1.54) is 0 Å². The van der Waals surface area contributed by atoms with Gasteiger partial charge >= 0.3 is 6.09 Å². The Hall–Kier alpha value is -2.59. The van der Waals surface area contributed by atoms with Crippen LogP contribution in [0.1, 0.15) is 31.0 Å². The number of hydrogen-bond acceptors (Lipinski definition) is 5. The molecule has 0 unspecified atom stereocenters. The molecule has 3 aromatic rings. The van der Waals surface area contributed by atoms with E-state index in [4.69, 9.17) is 11.6 Å². The van der Waals surface area contributed by atoms with Gasteiger partial charge in [-0.25, -0.2) is 22.5 Å². The van der Waals surface area contributed by atoms with Gasteiger partial charge in [0.25, 0.3) is 0 Å². The summed E-state index contributed by atoms with van der Waals surface area (Å²) in [4.78, 5) is 15.9. The van der Waals surface area contributed by atoms with Crippen molar-refractivity contribution in [2.45, 2.75) is 33.1 Å². The molecule has 0 radical (unpaired) electrons. The highest BCUT2D eigenvalue weighted by Gasteiger charge is 2.28. The Morgan fingerprint density at radius 1 is 1.37 bits per heavy atom. The van der Waals surface area contributed by atoms with Crippen LogP contribution in [-0.2, 0) is 23.5 Å². The third-order valence-electron chi connectivity index (χ3n) is 4.91. The maximum Gasteiger partial charge on any atom is 0.421 e. The summed E-state index contributed by atoms with van der Waals surface area (Å²) in [5.41, 5.74) is 2.06. The van der Waals surface area contributed by atoms with Crippen molar-refractivity contribution >= 4 is 38.8 Å². The van der Waals surface area contributed by atoms with Crippen LogP contribution in [0.5, 0.6) is 0 Å². The SMILES string of the molecule is CCCCN(C(=O)O)S(=O)(=O)CCc1c(C)nn(C)c1-n1ccc2cc(Cl)cnc21. The van der Waals surface area contributed by atoms with Gasteiger partial charge in [-0.1, -0.05) is 24.9 Å². The quantitative estimate of drug-likeness (QED) is 0.559. The van der Waals surface area contributed by atoms with E-state index in [1.807, 2.05) is 23.8 Å². The van der Waals surface area contributed by atoms with Crippen LogP contribution in [0.4, 0.5) is 4.79 Å². The molecular formula is C19H24ClN5O4S. The van der Waals surface area contributed by atoms with Crippen molar-refractivity contribution in [3.63, 3.8) is 0 Å². The predicted molar refractivity (Wildman–Crippen MR) is 115 cm³/mol. The Morgan fingerprint density at radius 2 is 2.10 bits per heavy atom. The lowest BCUT2D eigenvalue weighted by atomic mass is 10.2. The number of aryl methyl sites for hydroxylation is 2. The minimum atomic E-state index is -3.98. The molecule has 0 aliphatic heterocycles. The number of carboxylic acid groups (broad SMARTS) is 1. The molecule has 30 heavy (non-hydrogen) atoms. The maximum atomic E-state index is 12.7. The summed E-state index contributed by atoms with van der Waals surface area (Å²) in [6.45, 7) is 3.63. The number of aromatic nitrogens is 4. The zero-order valence-corrected chi connectivity index (χ0v) is 18.6. The molecular weight excluding hydrogens is 430 g/mol. The summed E-state index contributed by atoms with van der Waals surface area (Å²) in [5, 5.41) is 15.1. The monoisotopic (exact) mass is 453 g/mol. The number of pyridine rings is 1. The third-order valence-corrected chi connectivity index (χ3v) is 6.85. The van der Waals surface area contributed by atoms with E-state index in [1.54, 1.807) is 30.9 Å². The third kappa shape index (κ3) is 4.29. The molecule has 3 heterocycles. The van der Waals surface area contributed by atoms with Crippen molar-refractivity contribution in [2.75, 3.05) is 12.3 Å². The van der Waals surface area contributed by atoms with Crippen LogP contribution in [0.25, 0.3) is 16.9 Å². The summed E-state index contributed by atoms with van der Waals surface area (Å²) in [6, 6.07) is 3.67. The van der Waals surface area contributed by atoms with Gasteiger partial charge in [-0.15, -0.1) is 0 Å². The molecule has 0 aliphatic carbocycles. The first-order chi connectivity index (χ1) is 14.2. The Labute approximate surface area is 179 Å². The van der Waals surface area contributed by atoms with Gasteiger partial charge in [0.15, 0.2) is 0 Å². The molecule has 9 nitrogen and oxygen atoms in total. The number of amides is 1. The van der Waals surface area contributed by atoms with Gasteiger partial charge < -0.3 is 5.11 Å². The Kier molecular flexibility index (Phi) is 6.37. The molecule has 0 bridgehead atoms. The van der Waals surface area contributed by atoms with Gasteiger partial charge in [0.2, 0.25) is 10.0 Å².